The van der Waals surface area contributed by atoms with Gasteiger partial charge in [0.25, 0.3) is 5.91 Å². The molecule has 2 aromatic rings. The maximum absolute atomic E-state index is 12.8. The highest BCUT2D eigenvalue weighted by molar-refractivity contribution is 8.26. The molecular weight excluding hydrogens is 422 g/mol. The first-order valence-corrected chi connectivity index (χ1v) is 10.6. The average Bonchev–Trinajstić information content (AvgIpc) is 2.99. The molecule has 0 bridgehead atoms. The zero-order chi connectivity index (χ0) is 21.5. The van der Waals surface area contributed by atoms with E-state index in [2.05, 4.69) is 0 Å². The van der Waals surface area contributed by atoms with Crippen LogP contribution in [0.25, 0.3) is 6.08 Å². The second-order valence-electron chi connectivity index (χ2n) is 6.39. The van der Waals surface area contributed by atoms with Crippen LogP contribution in [0.15, 0.2) is 53.4 Å². The number of hydrogen-bond donors (Lipinski definition) is 1. The largest absolute Gasteiger partial charge is 0.490 e. The van der Waals surface area contributed by atoms with E-state index in [1.807, 2.05) is 37.3 Å². The third kappa shape index (κ3) is 5.61. The minimum absolute atomic E-state index is 0.120. The Morgan fingerprint density at radius 2 is 1.93 bits per heavy atom. The first-order valence-electron chi connectivity index (χ1n) is 9.38. The molecule has 0 unspecified atom stereocenters. The Kier molecular flexibility index (Phi) is 7.48. The highest BCUT2D eigenvalue weighted by Gasteiger charge is 2.31. The topological polar surface area (TPSA) is 76.1 Å². The fraction of sp³-hybridized carbons (Fsp3) is 0.227. The molecule has 156 valence electrons. The van der Waals surface area contributed by atoms with Crippen LogP contribution in [-0.2, 0) is 16.0 Å². The average molecular weight is 444 g/mol. The number of hydrogen-bond acceptors (Lipinski definition) is 6. The van der Waals surface area contributed by atoms with Crippen molar-refractivity contribution in [2.24, 2.45) is 0 Å². The molecule has 0 saturated carbocycles. The van der Waals surface area contributed by atoms with Gasteiger partial charge < -0.3 is 14.6 Å². The molecule has 0 aliphatic carbocycles. The number of carbonyl (C=O) groups is 2. The van der Waals surface area contributed by atoms with Crippen LogP contribution in [0.1, 0.15) is 18.1 Å². The Morgan fingerprint density at radius 3 is 2.63 bits per heavy atom. The molecule has 1 aliphatic rings. The summed E-state index contributed by atoms with van der Waals surface area (Å²) in [6.07, 6.45) is 2.48. The molecule has 30 heavy (non-hydrogen) atoms. The number of amides is 1. The van der Waals surface area contributed by atoms with Gasteiger partial charge in [-0.2, -0.15) is 0 Å². The SMILES string of the molecule is CCOc1cc(C=C2SC(=S)N(CCc3ccccc3)C2=O)ccc1OCC(=O)O. The normalized spacial score (nSPS) is 15.0. The number of carboxylic acid groups (broad SMARTS) is 1. The highest BCUT2D eigenvalue weighted by atomic mass is 32.2. The summed E-state index contributed by atoms with van der Waals surface area (Å²) in [4.78, 5) is 25.7. The van der Waals surface area contributed by atoms with E-state index in [4.69, 9.17) is 26.8 Å². The van der Waals surface area contributed by atoms with E-state index in [9.17, 15) is 9.59 Å². The zero-order valence-electron chi connectivity index (χ0n) is 16.4. The van der Waals surface area contributed by atoms with Crippen molar-refractivity contribution in [1.82, 2.24) is 4.90 Å². The minimum Gasteiger partial charge on any atom is -0.490 e. The smallest absolute Gasteiger partial charge is 0.341 e. The van der Waals surface area contributed by atoms with E-state index in [-0.39, 0.29) is 5.91 Å². The molecule has 1 fully saturated rings. The Balaban J connectivity index is 1.74. The Bertz CT molecular complexity index is 975. The number of carboxylic acids is 1. The summed E-state index contributed by atoms with van der Waals surface area (Å²) in [6.45, 7) is 2.29. The van der Waals surface area contributed by atoms with E-state index in [0.717, 1.165) is 17.5 Å². The lowest BCUT2D eigenvalue weighted by atomic mass is 10.1. The van der Waals surface area contributed by atoms with Crippen molar-refractivity contribution in [1.29, 1.82) is 0 Å². The number of ether oxygens (including phenoxy) is 2. The molecule has 0 radical (unpaired) electrons. The zero-order valence-corrected chi connectivity index (χ0v) is 18.0. The Hall–Kier alpha value is -2.84. The third-order valence-corrected chi connectivity index (χ3v) is 5.63. The van der Waals surface area contributed by atoms with Gasteiger partial charge in [0.05, 0.1) is 11.5 Å². The van der Waals surface area contributed by atoms with E-state index in [0.29, 0.717) is 33.9 Å². The predicted octanol–water partition coefficient (Wildman–Crippen LogP) is 3.99. The molecule has 1 saturated heterocycles. The molecule has 3 rings (SSSR count). The van der Waals surface area contributed by atoms with Gasteiger partial charge in [0.1, 0.15) is 4.32 Å². The van der Waals surface area contributed by atoms with Gasteiger partial charge in [0, 0.05) is 6.54 Å². The second kappa shape index (κ2) is 10.3. The van der Waals surface area contributed by atoms with Crippen LogP contribution >= 0.6 is 24.0 Å². The predicted molar refractivity (Wildman–Crippen MR) is 121 cm³/mol. The summed E-state index contributed by atoms with van der Waals surface area (Å²) in [5, 5.41) is 8.80. The van der Waals surface area contributed by atoms with Gasteiger partial charge in [0.15, 0.2) is 18.1 Å². The van der Waals surface area contributed by atoms with Crippen LogP contribution in [0.4, 0.5) is 0 Å². The van der Waals surface area contributed by atoms with Gasteiger partial charge in [-0.3, -0.25) is 9.69 Å². The van der Waals surface area contributed by atoms with Crippen LogP contribution < -0.4 is 9.47 Å². The van der Waals surface area contributed by atoms with Crippen molar-refractivity contribution in [2.75, 3.05) is 19.8 Å². The van der Waals surface area contributed by atoms with Gasteiger partial charge in [-0.25, -0.2) is 4.79 Å². The third-order valence-electron chi connectivity index (χ3n) is 4.26. The number of nitrogens with zero attached hydrogens (tertiary/aromatic N) is 1. The van der Waals surface area contributed by atoms with Crippen LogP contribution in [0, 0.1) is 0 Å². The first kappa shape index (κ1) is 21.9. The van der Waals surface area contributed by atoms with Crippen LogP contribution in [0.3, 0.4) is 0 Å². The summed E-state index contributed by atoms with van der Waals surface area (Å²) < 4.78 is 11.4. The van der Waals surface area contributed by atoms with Gasteiger partial charge in [-0.05, 0) is 42.7 Å². The lowest BCUT2D eigenvalue weighted by Crippen LogP contribution is -2.30. The van der Waals surface area contributed by atoms with Crippen molar-refractivity contribution in [3.63, 3.8) is 0 Å². The minimum atomic E-state index is -1.07. The molecule has 1 N–H and O–H groups in total. The van der Waals surface area contributed by atoms with Gasteiger partial charge in [0.2, 0.25) is 0 Å². The van der Waals surface area contributed by atoms with Crippen LogP contribution in [-0.4, -0.2) is 46.0 Å². The number of carbonyl (C=O) groups excluding carboxylic acids is 1. The highest BCUT2D eigenvalue weighted by Crippen LogP contribution is 2.35. The standard InChI is InChI=1S/C22H21NO5S2/c1-2-27-18-12-16(8-9-17(18)28-14-20(24)25)13-19-21(26)23(22(29)30-19)11-10-15-6-4-3-5-7-15/h3-9,12-13H,2,10-11,14H2,1H3,(H,24,25). The number of aliphatic carboxylic acids is 1. The van der Waals surface area contributed by atoms with Crippen molar-refractivity contribution in [2.45, 2.75) is 13.3 Å². The summed E-state index contributed by atoms with van der Waals surface area (Å²) in [7, 11) is 0. The van der Waals surface area contributed by atoms with Crippen molar-refractivity contribution >= 4 is 46.3 Å². The molecule has 0 atom stereocenters. The summed E-state index contributed by atoms with van der Waals surface area (Å²) in [6, 6.07) is 15.1. The van der Waals surface area contributed by atoms with Crippen molar-refractivity contribution < 1.29 is 24.2 Å². The maximum atomic E-state index is 12.8. The number of rotatable bonds is 9. The molecule has 0 spiro atoms. The van der Waals surface area contributed by atoms with E-state index in [1.54, 1.807) is 29.2 Å². The van der Waals surface area contributed by atoms with Crippen LogP contribution in [0.2, 0.25) is 0 Å². The van der Waals surface area contributed by atoms with Crippen LogP contribution in [0.5, 0.6) is 11.5 Å². The second-order valence-corrected chi connectivity index (χ2v) is 8.07. The quantitative estimate of drug-likeness (QED) is 0.464. The molecule has 8 heteroatoms. The van der Waals surface area contributed by atoms with Crippen molar-refractivity contribution in [3.05, 3.63) is 64.6 Å². The summed E-state index contributed by atoms with van der Waals surface area (Å²) >= 11 is 6.67. The lowest BCUT2D eigenvalue weighted by molar-refractivity contribution is -0.139. The molecular formula is C22H21NO5S2. The lowest BCUT2D eigenvalue weighted by Gasteiger charge is -2.14. The van der Waals surface area contributed by atoms with Gasteiger partial charge >= 0.3 is 5.97 Å². The molecule has 1 heterocycles. The first-order chi connectivity index (χ1) is 14.5. The molecule has 1 aliphatic heterocycles. The van der Waals surface area contributed by atoms with Gasteiger partial charge in [-0.15, -0.1) is 0 Å². The fourth-order valence-corrected chi connectivity index (χ4v) is 4.18. The molecule has 0 aromatic heterocycles. The summed E-state index contributed by atoms with van der Waals surface area (Å²) in [5.41, 5.74) is 1.89. The molecule has 6 nitrogen and oxygen atoms in total. The van der Waals surface area contributed by atoms with E-state index >= 15 is 0 Å². The Labute approximate surface area is 184 Å². The number of thiocarbonyl (C=S) groups is 1. The number of benzene rings is 2. The van der Waals surface area contributed by atoms with E-state index < -0.39 is 12.6 Å². The van der Waals surface area contributed by atoms with Crippen molar-refractivity contribution in [3.8, 4) is 11.5 Å². The maximum Gasteiger partial charge on any atom is 0.341 e. The molecule has 1 amide bonds. The fourth-order valence-electron chi connectivity index (χ4n) is 2.87. The molecule has 2 aromatic carbocycles. The monoisotopic (exact) mass is 443 g/mol. The Morgan fingerprint density at radius 1 is 1.17 bits per heavy atom. The van der Waals surface area contributed by atoms with E-state index in [1.165, 1.54) is 11.8 Å². The summed E-state index contributed by atoms with van der Waals surface area (Å²) in [5.74, 6) is -0.426. The number of thioether (sulfide) groups is 1. The van der Waals surface area contributed by atoms with Gasteiger partial charge in [-0.1, -0.05) is 60.4 Å².